The van der Waals surface area contributed by atoms with Crippen LogP contribution in [0.15, 0.2) is 48.5 Å². The average Bonchev–Trinajstić information content (AvgIpc) is 2.70. The number of carbonyl (C=O) groups is 1. The normalized spacial score (nSPS) is 15.3. The largest absolute Gasteiger partial charge is 0.435 e. The molecule has 0 atom stereocenters. The molecule has 3 rings (SSSR count). The predicted molar refractivity (Wildman–Crippen MR) is 110 cm³/mol. The summed E-state index contributed by atoms with van der Waals surface area (Å²) in [7, 11) is 0. The highest BCUT2D eigenvalue weighted by Crippen LogP contribution is 2.26. The smallest absolute Gasteiger partial charge is 0.387 e. The van der Waals surface area contributed by atoms with Crippen LogP contribution in [0, 0.1) is 0 Å². The molecule has 1 heterocycles. The first kappa shape index (κ1) is 21.6. The molecule has 0 bridgehead atoms. The summed E-state index contributed by atoms with van der Waals surface area (Å²) >= 11 is 12.5. The third-order valence-electron chi connectivity index (χ3n) is 4.65. The Kier molecular flexibility index (Phi) is 7.47. The summed E-state index contributed by atoms with van der Waals surface area (Å²) in [5, 5.41) is 1.29. The zero-order chi connectivity index (χ0) is 20.8. The zero-order valence-corrected chi connectivity index (χ0v) is 17.0. The lowest BCUT2D eigenvalue weighted by Gasteiger charge is -2.34. The number of hydrogen-bond acceptors (Lipinski definition) is 3. The Morgan fingerprint density at radius 1 is 1.03 bits per heavy atom. The number of alkyl halides is 2. The first-order chi connectivity index (χ1) is 13.9. The maximum atomic E-state index is 12.4. The topological polar surface area (TPSA) is 32.8 Å². The highest BCUT2D eigenvalue weighted by atomic mass is 35.5. The molecule has 0 aromatic heterocycles. The van der Waals surface area contributed by atoms with Crippen molar-refractivity contribution in [1.82, 2.24) is 9.80 Å². The van der Waals surface area contributed by atoms with Gasteiger partial charge in [0.15, 0.2) is 0 Å². The van der Waals surface area contributed by atoms with E-state index in [1.807, 2.05) is 18.2 Å². The third-order valence-corrected chi connectivity index (χ3v) is 5.36. The van der Waals surface area contributed by atoms with Crippen LogP contribution in [-0.4, -0.2) is 48.5 Å². The van der Waals surface area contributed by atoms with Crippen molar-refractivity contribution in [2.75, 3.05) is 26.2 Å². The van der Waals surface area contributed by atoms with Crippen molar-refractivity contribution in [3.05, 3.63) is 69.7 Å². The van der Waals surface area contributed by atoms with Gasteiger partial charge in [0.05, 0.1) is 0 Å². The molecule has 0 spiro atoms. The fraction of sp³-hybridized carbons (Fsp3) is 0.286. The lowest BCUT2D eigenvalue weighted by Crippen LogP contribution is -2.47. The van der Waals surface area contributed by atoms with Crippen LogP contribution in [0.1, 0.15) is 11.1 Å². The predicted octanol–water partition coefficient (Wildman–Crippen LogP) is 4.95. The highest BCUT2D eigenvalue weighted by Gasteiger charge is 2.21. The van der Waals surface area contributed by atoms with Gasteiger partial charge in [0.25, 0.3) is 0 Å². The van der Waals surface area contributed by atoms with E-state index < -0.39 is 6.61 Å². The summed E-state index contributed by atoms with van der Waals surface area (Å²) in [6.45, 7) is 0.440. The summed E-state index contributed by atoms with van der Waals surface area (Å²) in [6, 6.07) is 11.6. The van der Waals surface area contributed by atoms with Gasteiger partial charge < -0.3 is 9.64 Å². The second-order valence-electron chi connectivity index (χ2n) is 6.58. The molecular weight excluding hydrogens is 421 g/mol. The number of carbonyl (C=O) groups excluding carboxylic acids is 1. The molecule has 0 unspecified atom stereocenters. The molecular formula is C21H20Cl2F2N2O2. The monoisotopic (exact) mass is 440 g/mol. The van der Waals surface area contributed by atoms with E-state index in [0.29, 0.717) is 29.7 Å². The summed E-state index contributed by atoms with van der Waals surface area (Å²) in [5.41, 5.74) is 1.63. The van der Waals surface area contributed by atoms with Crippen LogP contribution < -0.4 is 4.74 Å². The Hall–Kier alpha value is -2.15. The molecule has 0 saturated carbocycles. The highest BCUT2D eigenvalue weighted by molar-refractivity contribution is 6.35. The van der Waals surface area contributed by atoms with Gasteiger partial charge in [-0.25, -0.2) is 0 Å². The van der Waals surface area contributed by atoms with E-state index in [1.54, 1.807) is 23.1 Å². The standard InChI is InChI=1S/C21H20Cl2F2N2O2/c22-18-2-1-3-19(23)17(18)14-26-10-12-27(13-11-26)20(28)9-6-15-4-7-16(8-5-15)29-21(24)25/h1-9,21H,10-14H2/b9-6-. The van der Waals surface area contributed by atoms with E-state index >= 15 is 0 Å². The fourth-order valence-corrected chi connectivity index (χ4v) is 3.58. The molecule has 1 aliphatic rings. The molecule has 1 aliphatic heterocycles. The number of rotatable bonds is 6. The van der Waals surface area contributed by atoms with E-state index in [9.17, 15) is 13.6 Å². The molecule has 2 aromatic carbocycles. The van der Waals surface area contributed by atoms with Gasteiger partial charge in [0.1, 0.15) is 5.75 Å². The SMILES string of the molecule is O=C(/C=C\c1ccc(OC(F)F)cc1)N1CCN(Cc2c(Cl)cccc2Cl)CC1. The zero-order valence-electron chi connectivity index (χ0n) is 15.5. The van der Waals surface area contributed by atoms with Crippen LogP contribution in [0.3, 0.4) is 0 Å². The summed E-state index contributed by atoms with van der Waals surface area (Å²) in [4.78, 5) is 16.4. The van der Waals surface area contributed by atoms with Gasteiger partial charge in [-0.1, -0.05) is 41.4 Å². The minimum absolute atomic E-state index is 0.0817. The molecule has 154 valence electrons. The Labute approximate surface area is 178 Å². The maximum Gasteiger partial charge on any atom is 0.387 e. The molecule has 4 nitrogen and oxygen atoms in total. The van der Waals surface area contributed by atoms with Crippen molar-refractivity contribution in [2.45, 2.75) is 13.2 Å². The van der Waals surface area contributed by atoms with Crippen molar-refractivity contribution in [3.8, 4) is 5.75 Å². The molecule has 1 saturated heterocycles. The molecule has 0 aliphatic carbocycles. The number of halogens is 4. The summed E-state index contributed by atoms with van der Waals surface area (Å²) in [5.74, 6) is -0.00782. The maximum absolute atomic E-state index is 12.4. The van der Waals surface area contributed by atoms with Crippen molar-refractivity contribution < 1.29 is 18.3 Å². The minimum atomic E-state index is -2.86. The number of amides is 1. The Bertz CT molecular complexity index is 847. The molecule has 1 amide bonds. The number of ether oxygens (including phenoxy) is 1. The van der Waals surface area contributed by atoms with E-state index in [1.165, 1.54) is 18.2 Å². The number of piperazine rings is 1. The molecule has 29 heavy (non-hydrogen) atoms. The number of benzene rings is 2. The first-order valence-corrected chi connectivity index (χ1v) is 9.85. The lowest BCUT2D eigenvalue weighted by atomic mass is 10.2. The minimum Gasteiger partial charge on any atom is -0.435 e. The van der Waals surface area contributed by atoms with Crippen LogP contribution in [-0.2, 0) is 11.3 Å². The van der Waals surface area contributed by atoms with Crippen molar-refractivity contribution in [1.29, 1.82) is 0 Å². The molecule has 1 fully saturated rings. The second-order valence-corrected chi connectivity index (χ2v) is 7.40. The molecule has 0 radical (unpaired) electrons. The number of hydrogen-bond donors (Lipinski definition) is 0. The molecule has 0 N–H and O–H groups in total. The van der Waals surface area contributed by atoms with E-state index in [4.69, 9.17) is 23.2 Å². The average molecular weight is 441 g/mol. The van der Waals surface area contributed by atoms with Gasteiger partial charge in [0.2, 0.25) is 5.91 Å². The molecule has 2 aromatic rings. The van der Waals surface area contributed by atoms with Gasteiger partial charge in [0, 0.05) is 54.4 Å². The van der Waals surface area contributed by atoms with Crippen molar-refractivity contribution in [2.24, 2.45) is 0 Å². The first-order valence-electron chi connectivity index (χ1n) is 9.09. The van der Waals surface area contributed by atoms with Crippen molar-refractivity contribution in [3.63, 3.8) is 0 Å². The summed E-state index contributed by atoms with van der Waals surface area (Å²) in [6.07, 6.45) is 3.15. The quantitative estimate of drug-likeness (QED) is 0.595. The van der Waals surface area contributed by atoms with Crippen LogP contribution in [0.4, 0.5) is 8.78 Å². The summed E-state index contributed by atoms with van der Waals surface area (Å²) < 4.78 is 28.6. The van der Waals surface area contributed by atoms with Gasteiger partial charge >= 0.3 is 6.61 Å². The lowest BCUT2D eigenvalue weighted by molar-refractivity contribution is -0.127. The number of nitrogens with zero attached hydrogens (tertiary/aromatic N) is 2. The second kappa shape index (κ2) is 10.1. The van der Waals surface area contributed by atoms with Gasteiger partial charge in [-0.2, -0.15) is 8.78 Å². The van der Waals surface area contributed by atoms with E-state index in [0.717, 1.165) is 24.2 Å². The Balaban J connectivity index is 1.50. The van der Waals surface area contributed by atoms with Crippen molar-refractivity contribution >= 4 is 35.2 Å². The Morgan fingerprint density at radius 3 is 2.24 bits per heavy atom. The van der Waals surface area contributed by atoms with Crippen LogP contribution >= 0.6 is 23.2 Å². The van der Waals surface area contributed by atoms with E-state index in [-0.39, 0.29) is 11.7 Å². The van der Waals surface area contributed by atoms with Gasteiger partial charge in [-0.05, 0) is 35.9 Å². The fourth-order valence-electron chi connectivity index (χ4n) is 3.07. The van der Waals surface area contributed by atoms with Crippen LogP contribution in [0.25, 0.3) is 6.08 Å². The third kappa shape index (κ3) is 6.16. The van der Waals surface area contributed by atoms with E-state index in [2.05, 4.69) is 9.64 Å². The molecule has 8 heteroatoms. The van der Waals surface area contributed by atoms with Crippen LogP contribution in [0.5, 0.6) is 5.75 Å². The Morgan fingerprint density at radius 2 is 1.66 bits per heavy atom. The van der Waals surface area contributed by atoms with Crippen LogP contribution in [0.2, 0.25) is 10.0 Å². The van der Waals surface area contributed by atoms with Gasteiger partial charge in [-0.15, -0.1) is 0 Å². The van der Waals surface area contributed by atoms with Gasteiger partial charge in [-0.3, -0.25) is 9.69 Å².